The molecule has 0 saturated heterocycles. The summed E-state index contributed by atoms with van der Waals surface area (Å²) >= 11 is 5.64. The number of halogens is 2. The molecule has 0 atom stereocenters. The van der Waals surface area contributed by atoms with Gasteiger partial charge in [0.2, 0.25) is 5.91 Å². The molecule has 33 heavy (non-hydrogen) atoms. The zero-order valence-corrected chi connectivity index (χ0v) is 19.3. The van der Waals surface area contributed by atoms with Crippen molar-refractivity contribution in [2.24, 2.45) is 0 Å². The van der Waals surface area contributed by atoms with E-state index in [0.29, 0.717) is 37.9 Å². The van der Waals surface area contributed by atoms with Gasteiger partial charge in [-0.2, -0.15) is 0 Å². The minimum absolute atomic E-state index is 0.00403. The van der Waals surface area contributed by atoms with Gasteiger partial charge in [0, 0.05) is 23.6 Å². The first kappa shape index (κ1) is 23.2. The van der Waals surface area contributed by atoms with Gasteiger partial charge in [-0.05, 0) is 61.6 Å². The highest BCUT2D eigenvalue weighted by atomic mass is 35.5. The van der Waals surface area contributed by atoms with Gasteiger partial charge in [-0.3, -0.25) is 9.59 Å². The number of rotatable bonds is 10. The van der Waals surface area contributed by atoms with Gasteiger partial charge in [-0.25, -0.2) is 4.39 Å². The van der Waals surface area contributed by atoms with Crippen molar-refractivity contribution in [2.45, 2.75) is 43.2 Å². The Balaban J connectivity index is 1.20. The third-order valence-electron chi connectivity index (χ3n) is 6.21. The molecule has 2 aromatic carbocycles. The number of carbonyl (C=O) groups is 2. The van der Waals surface area contributed by atoms with Crippen molar-refractivity contribution in [3.63, 3.8) is 0 Å². The lowest BCUT2D eigenvalue weighted by molar-refractivity contribution is -0.150. The SMILES string of the molecule is COc1ccc(OC)c(CCC(=O)NC23CC(NC(=O)COc4ccc(Cl)c(F)c4)(C2)C3)c1. The smallest absolute Gasteiger partial charge is 0.258 e. The molecule has 2 amide bonds. The summed E-state index contributed by atoms with van der Waals surface area (Å²) in [6.07, 6.45) is 2.93. The first-order valence-corrected chi connectivity index (χ1v) is 11.0. The quantitative estimate of drug-likeness (QED) is 0.549. The van der Waals surface area contributed by atoms with E-state index in [-0.39, 0.29) is 40.3 Å². The van der Waals surface area contributed by atoms with Gasteiger partial charge in [-0.1, -0.05) is 11.6 Å². The fraction of sp³-hybridized carbons (Fsp3) is 0.417. The van der Waals surface area contributed by atoms with E-state index in [1.54, 1.807) is 14.2 Å². The number of methoxy groups -OCH3 is 2. The first-order chi connectivity index (χ1) is 15.8. The Labute approximate surface area is 196 Å². The lowest BCUT2D eigenvalue weighted by Gasteiger charge is -2.70. The normalized spacial score (nSPS) is 22.4. The summed E-state index contributed by atoms with van der Waals surface area (Å²) in [5, 5.41) is 6.08. The molecule has 0 aromatic heterocycles. The number of ether oxygens (including phenoxy) is 3. The van der Waals surface area contributed by atoms with Crippen LogP contribution in [0.5, 0.6) is 17.2 Å². The van der Waals surface area contributed by atoms with Crippen LogP contribution in [0.15, 0.2) is 36.4 Å². The highest BCUT2D eigenvalue weighted by Gasteiger charge is 2.69. The summed E-state index contributed by atoms with van der Waals surface area (Å²) < 4.78 is 29.4. The fourth-order valence-electron chi connectivity index (χ4n) is 4.78. The lowest BCUT2D eigenvalue weighted by Crippen LogP contribution is -2.84. The molecule has 5 rings (SSSR count). The molecular formula is C24H26ClFN2O5. The Morgan fingerprint density at radius 3 is 2.27 bits per heavy atom. The van der Waals surface area contributed by atoms with Crippen LogP contribution in [0.25, 0.3) is 0 Å². The van der Waals surface area contributed by atoms with E-state index in [9.17, 15) is 14.0 Å². The molecule has 3 aliphatic carbocycles. The molecule has 0 unspecified atom stereocenters. The molecule has 0 radical (unpaired) electrons. The van der Waals surface area contributed by atoms with Crippen molar-refractivity contribution < 1.29 is 28.2 Å². The first-order valence-electron chi connectivity index (χ1n) is 10.7. The summed E-state index contributed by atoms with van der Waals surface area (Å²) in [6, 6.07) is 9.54. The topological polar surface area (TPSA) is 85.9 Å². The van der Waals surface area contributed by atoms with Crippen molar-refractivity contribution >= 4 is 23.4 Å². The second-order valence-corrected chi connectivity index (χ2v) is 9.14. The molecule has 9 heteroatoms. The van der Waals surface area contributed by atoms with Gasteiger partial charge in [-0.15, -0.1) is 0 Å². The Kier molecular flexibility index (Phi) is 6.38. The molecule has 2 N–H and O–H groups in total. The second-order valence-electron chi connectivity index (χ2n) is 8.73. The third kappa shape index (κ3) is 5.00. The molecule has 3 fully saturated rings. The Morgan fingerprint density at radius 1 is 0.970 bits per heavy atom. The van der Waals surface area contributed by atoms with Crippen LogP contribution in [-0.4, -0.2) is 43.7 Å². The molecule has 7 nitrogen and oxygen atoms in total. The summed E-state index contributed by atoms with van der Waals surface area (Å²) in [4.78, 5) is 24.7. The number of benzene rings is 2. The van der Waals surface area contributed by atoms with Crippen LogP contribution in [0, 0.1) is 5.82 Å². The number of hydrogen-bond donors (Lipinski definition) is 2. The summed E-state index contributed by atoms with van der Waals surface area (Å²) in [5.74, 6) is 0.758. The van der Waals surface area contributed by atoms with E-state index < -0.39 is 5.82 Å². The van der Waals surface area contributed by atoms with Crippen LogP contribution in [0.4, 0.5) is 4.39 Å². The predicted octanol–water partition coefficient (Wildman–Crippen LogP) is 3.42. The van der Waals surface area contributed by atoms with E-state index in [1.807, 2.05) is 18.2 Å². The van der Waals surface area contributed by atoms with Crippen LogP contribution < -0.4 is 24.8 Å². The molecule has 0 spiro atoms. The van der Waals surface area contributed by atoms with Crippen LogP contribution in [0.3, 0.4) is 0 Å². The number of amides is 2. The zero-order valence-electron chi connectivity index (χ0n) is 18.5. The van der Waals surface area contributed by atoms with Gasteiger partial charge in [0.05, 0.1) is 19.2 Å². The number of hydrogen-bond acceptors (Lipinski definition) is 5. The standard InChI is InChI=1S/C24H26ClFN2O5/c1-31-16-5-7-20(32-2)15(9-16)3-8-21(29)27-23-12-24(13-23,14-23)28-22(30)11-33-17-4-6-18(25)19(26)10-17/h4-7,9-10H,3,8,11-14H2,1-2H3,(H,27,29)(H,28,30). The van der Waals surface area contributed by atoms with Crippen LogP contribution >= 0.6 is 11.6 Å². The highest BCUT2D eigenvalue weighted by Crippen LogP contribution is 2.60. The minimum atomic E-state index is -0.600. The van der Waals surface area contributed by atoms with Crippen molar-refractivity contribution in [1.82, 2.24) is 10.6 Å². The van der Waals surface area contributed by atoms with Crippen LogP contribution in [-0.2, 0) is 16.0 Å². The summed E-state index contributed by atoms with van der Waals surface area (Å²) in [7, 11) is 3.19. The van der Waals surface area contributed by atoms with Gasteiger partial charge < -0.3 is 24.8 Å². The van der Waals surface area contributed by atoms with Crippen molar-refractivity contribution in [1.29, 1.82) is 0 Å². The van der Waals surface area contributed by atoms with E-state index in [1.165, 1.54) is 12.1 Å². The average molecular weight is 477 g/mol. The third-order valence-corrected chi connectivity index (χ3v) is 6.52. The zero-order chi connectivity index (χ0) is 23.6. The molecule has 176 valence electrons. The summed E-state index contributed by atoms with van der Waals surface area (Å²) in [6.45, 7) is -0.218. The minimum Gasteiger partial charge on any atom is -0.497 e. The Hall–Kier alpha value is -3.00. The number of aryl methyl sites for hydroxylation is 1. The molecule has 3 aliphatic rings. The fourth-order valence-corrected chi connectivity index (χ4v) is 4.90. The van der Waals surface area contributed by atoms with Gasteiger partial charge in [0.15, 0.2) is 6.61 Å². The molecular weight excluding hydrogens is 451 g/mol. The maximum absolute atomic E-state index is 13.5. The average Bonchev–Trinajstić information content (AvgIpc) is 2.75. The van der Waals surface area contributed by atoms with E-state index in [0.717, 1.165) is 17.4 Å². The molecule has 0 heterocycles. The molecule has 3 saturated carbocycles. The monoisotopic (exact) mass is 476 g/mol. The largest absolute Gasteiger partial charge is 0.497 e. The predicted molar refractivity (Wildman–Crippen MR) is 120 cm³/mol. The van der Waals surface area contributed by atoms with Crippen molar-refractivity contribution in [2.75, 3.05) is 20.8 Å². The van der Waals surface area contributed by atoms with Gasteiger partial charge in [0.25, 0.3) is 5.91 Å². The number of nitrogens with one attached hydrogen (secondary N) is 2. The van der Waals surface area contributed by atoms with Gasteiger partial charge >= 0.3 is 0 Å². The molecule has 0 aliphatic heterocycles. The lowest BCUT2D eigenvalue weighted by atomic mass is 9.44. The number of carbonyl (C=O) groups excluding carboxylic acids is 2. The summed E-state index contributed by atoms with van der Waals surface area (Å²) in [5.41, 5.74) is 0.367. The highest BCUT2D eigenvalue weighted by molar-refractivity contribution is 6.30. The van der Waals surface area contributed by atoms with Crippen LogP contribution in [0.1, 0.15) is 31.2 Å². The van der Waals surface area contributed by atoms with E-state index in [2.05, 4.69) is 10.6 Å². The van der Waals surface area contributed by atoms with Gasteiger partial charge in [0.1, 0.15) is 23.1 Å². The van der Waals surface area contributed by atoms with E-state index >= 15 is 0 Å². The van der Waals surface area contributed by atoms with E-state index in [4.69, 9.17) is 25.8 Å². The van der Waals surface area contributed by atoms with Crippen LogP contribution in [0.2, 0.25) is 5.02 Å². The Morgan fingerprint density at radius 2 is 1.64 bits per heavy atom. The Bertz CT molecular complexity index is 1060. The van der Waals surface area contributed by atoms with Crippen molar-refractivity contribution in [3.05, 3.63) is 52.8 Å². The maximum atomic E-state index is 13.5. The second kappa shape index (κ2) is 9.09. The maximum Gasteiger partial charge on any atom is 0.258 e. The van der Waals surface area contributed by atoms with Crippen molar-refractivity contribution in [3.8, 4) is 17.2 Å². The molecule has 2 bridgehead atoms. The molecule has 2 aromatic rings.